The summed E-state index contributed by atoms with van der Waals surface area (Å²) in [7, 11) is 0. The number of ether oxygens (including phenoxy) is 1. The quantitative estimate of drug-likeness (QED) is 0.898. The minimum absolute atomic E-state index is 0.575. The fourth-order valence-corrected chi connectivity index (χ4v) is 1.80. The van der Waals surface area contributed by atoms with Crippen LogP contribution in [0.1, 0.15) is 18.1 Å². The van der Waals surface area contributed by atoms with Gasteiger partial charge >= 0.3 is 0 Å². The molecule has 1 heterocycles. The zero-order valence-electron chi connectivity index (χ0n) is 11.1. The summed E-state index contributed by atoms with van der Waals surface area (Å²) in [6, 6.07) is 9.44. The zero-order valence-corrected chi connectivity index (χ0v) is 11.9. The molecule has 1 aromatic carbocycles. The Balaban J connectivity index is 2.08. The molecule has 0 aliphatic carbocycles. The van der Waals surface area contributed by atoms with Crippen molar-refractivity contribution < 1.29 is 4.74 Å². The summed E-state index contributed by atoms with van der Waals surface area (Å²) < 4.78 is 5.73. The molecule has 0 aliphatic rings. The maximum atomic E-state index is 5.96. The molecule has 0 fully saturated rings. The van der Waals surface area contributed by atoms with Crippen LogP contribution < -0.4 is 10.1 Å². The number of hydrogen-bond acceptors (Lipinski definition) is 3. The van der Waals surface area contributed by atoms with Gasteiger partial charge in [0.1, 0.15) is 5.75 Å². The first kappa shape index (κ1) is 13.8. The topological polar surface area (TPSA) is 34.1 Å². The van der Waals surface area contributed by atoms with Crippen molar-refractivity contribution in [2.24, 2.45) is 0 Å². The Hall–Kier alpha value is -1.58. The summed E-state index contributed by atoms with van der Waals surface area (Å²) in [6.45, 7) is 5.82. The molecule has 19 heavy (non-hydrogen) atoms. The number of pyridine rings is 1. The highest BCUT2D eigenvalue weighted by Crippen LogP contribution is 2.26. The second kappa shape index (κ2) is 6.55. The van der Waals surface area contributed by atoms with Crippen molar-refractivity contribution >= 4 is 11.6 Å². The van der Waals surface area contributed by atoms with Crippen molar-refractivity contribution in [3.05, 3.63) is 52.7 Å². The lowest BCUT2D eigenvalue weighted by atomic mass is 10.2. The lowest BCUT2D eigenvalue weighted by Gasteiger charge is -2.09. The van der Waals surface area contributed by atoms with E-state index in [0.717, 1.165) is 30.0 Å². The van der Waals surface area contributed by atoms with Gasteiger partial charge < -0.3 is 10.1 Å². The van der Waals surface area contributed by atoms with Crippen LogP contribution in [0.3, 0.4) is 0 Å². The van der Waals surface area contributed by atoms with Gasteiger partial charge in [0.25, 0.3) is 0 Å². The number of nitrogens with zero attached hydrogens (tertiary/aromatic N) is 1. The molecule has 4 heteroatoms. The molecule has 100 valence electrons. The van der Waals surface area contributed by atoms with E-state index in [-0.39, 0.29) is 0 Å². The third-order valence-electron chi connectivity index (χ3n) is 2.74. The van der Waals surface area contributed by atoms with Crippen LogP contribution in [0.25, 0.3) is 0 Å². The maximum Gasteiger partial charge on any atom is 0.219 e. The zero-order chi connectivity index (χ0) is 13.7. The van der Waals surface area contributed by atoms with Gasteiger partial charge in [-0.2, -0.15) is 0 Å². The van der Waals surface area contributed by atoms with E-state index in [1.807, 2.05) is 37.4 Å². The fraction of sp³-hybridized carbons (Fsp3) is 0.267. The Labute approximate surface area is 118 Å². The summed E-state index contributed by atoms with van der Waals surface area (Å²) in [5.41, 5.74) is 2.17. The molecular formula is C15H17ClN2O. The second-order valence-corrected chi connectivity index (χ2v) is 4.73. The average Bonchev–Trinajstić information content (AvgIpc) is 2.42. The summed E-state index contributed by atoms with van der Waals surface area (Å²) in [4.78, 5) is 4.29. The minimum atomic E-state index is 0.575. The number of halogens is 1. The second-order valence-electron chi connectivity index (χ2n) is 4.30. The molecule has 0 saturated heterocycles. The van der Waals surface area contributed by atoms with E-state index in [1.165, 1.54) is 0 Å². The highest BCUT2D eigenvalue weighted by molar-refractivity contribution is 6.30. The molecular weight excluding hydrogens is 260 g/mol. The first-order chi connectivity index (χ1) is 9.19. The van der Waals surface area contributed by atoms with Crippen LogP contribution in [-0.2, 0) is 6.54 Å². The van der Waals surface area contributed by atoms with Crippen LogP contribution in [0.5, 0.6) is 11.6 Å². The normalized spacial score (nSPS) is 10.5. The SMILES string of the molecule is CCNCc1ccc(Oc2cc(Cl)ccc2C)nc1. The molecule has 2 aromatic rings. The molecule has 0 atom stereocenters. The molecule has 0 radical (unpaired) electrons. The standard InChI is InChI=1S/C15H17ClN2O/c1-3-17-9-12-5-7-15(18-10-12)19-14-8-13(16)6-4-11(14)2/h4-8,10,17H,3,9H2,1-2H3. The van der Waals surface area contributed by atoms with Gasteiger partial charge in [-0.25, -0.2) is 4.98 Å². The summed E-state index contributed by atoms with van der Waals surface area (Å²) >= 11 is 5.96. The molecule has 0 bridgehead atoms. The Morgan fingerprint density at radius 1 is 1.26 bits per heavy atom. The van der Waals surface area contributed by atoms with Crippen molar-refractivity contribution in [3.63, 3.8) is 0 Å². The van der Waals surface area contributed by atoms with E-state index in [4.69, 9.17) is 16.3 Å². The molecule has 0 amide bonds. The molecule has 1 N–H and O–H groups in total. The molecule has 3 nitrogen and oxygen atoms in total. The Morgan fingerprint density at radius 2 is 2.11 bits per heavy atom. The highest BCUT2D eigenvalue weighted by atomic mass is 35.5. The predicted octanol–water partition coefficient (Wildman–Crippen LogP) is 3.95. The molecule has 2 rings (SSSR count). The van der Waals surface area contributed by atoms with Crippen molar-refractivity contribution in [1.29, 1.82) is 0 Å². The van der Waals surface area contributed by atoms with E-state index in [2.05, 4.69) is 17.2 Å². The van der Waals surface area contributed by atoms with Gasteiger partial charge in [-0.15, -0.1) is 0 Å². The van der Waals surface area contributed by atoms with Gasteiger partial charge in [0, 0.05) is 23.8 Å². The molecule has 0 spiro atoms. The van der Waals surface area contributed by atoms with Gasteiger partial charge in [0.15, 0.2) is 0 Å². The number of benzene rings is 1. The largest absolute Gasteiger partial charge is 0.439 e. The number of rotatable bonds is 5. The van der Waals surface area contributed by atoms with Crippen LogP contribution in [0.2, 0.25) is 5.02 Å². The summed E-state index contributed by atoms with van der Waals surface area (Å²) in [5, 5.41) is 3.91. The predicted molar refractivity (Wildman–Crippen MR) is 77.9 cm³/mol. The van der Waals surface area contributed by atoms with Gasteiger partial charge in [-0.05, 0) is 36.7 Å². The highest BCUT2D eigenvalue weighted by Gasteiger charge is 2.03. The number of aryl methyl sites for hydroxylation is 1. The van der Waals surface area contributed by atoms with E-state index < -0.39 is 0 Å². The van der Waals surface area contributed by atoms with E-state index in [1.54, 1.807) is 6.07 Å². The first-order valence-electron chi connectivity index (χ1n) is 6.28. The monoisotopic (exact) mass is 276 g/mol. The van der Waals surface area contributed by atoms with Gasteiger partial charge in [-0.1, -0.05) is 30.7 Å². The third kappa shape index (κ3) is 3.94. The Kier molecular flexibility index (Phi) is 4.77. The van der Waals surface area contributed by atoms with Gasteiger partial charge in [0.05, 0.1) is 0 Å². The first-order valence-corrected chi connectivity index (χ1v) is 6.66. The van der Waals surface area contributed by atoms with Crippen molar-refractivity contribution in [1.82, 2.24) is 10.3 Å². The third-order valence-corrected chi connectivity index (χ3v) is 2.98. The maximum absolute atomic E-state index is 5.96. The summed E-state index contributed by atoms with van der Waals surface area (Å²) in [6.07, 6.45) is 1.82. The average molecular weight is 277 g/mol. The minimum Gasteiger partial charge on any atom is -0.439 e. The molecule has 1 aromatic heterocycles. The lowest BCUT2D eigenvalue weighted by Crippen LogP contribution is -2.11. The Morgan fingerprint density at radius 3 is 2.79 bits per heavy atom. The van der Waals surface area contributed by atoms with Crippen molar-refractivity contribution in [3.8, 4) is 11.6 Å². The van der Waals surface area contributed by atoms with Crippen LogP contribution in [0.4, 0.5) is 0 Å². The number of hydrogen-bond donors (Lipinski definition) is 1. The van der Waals surface area contributed by atoms with E-state index in [9.17, 15) is 0 Å². The summed E-state index contributed by atoms with van der Waals surface area (Å²) in [5.74, 6) is 1.31. The fourth-order valence-electron chi connectivity index (χ4n) is 1.64. The van der Waals surface area contributed by atoms with Gasteiger partial charge in [-0.3, -0.25) is 0 Å². The van der Waals surface area contributed by atoms with E-state index in [0.29, 0.717) is 10.9 Å². The Bertz CT molecular complexity index is 540. The van der Waals surface area contributed by atoms with Crippen LogP contribution >= 0.6 is 11.6 Å². The number of nitrogens with one attached hydrogen (secondary N) is 1. The lowest BCUT2D eigenvalue weighted by molar-refractivity contribution is 0.459. The van der Waals surface area contributed by atoms with Crippen LogP contribution in [0.15, 0.2) is 36.5 Å². The van der Waals surface area contributed by atoms with E-state index >= 15 is 0 Å². The number of aromatic nitrogens is 1. The van der Waals surface area contributed by atoms with Crippen LogP contribution in [0, 0.1) is 6.92 Å². The molecule has 0 unspecified atom stereocenters. The molecule has 0 aliphatic heterocycles. The van der Waals surface area contributed by atoms with Gasteiger partial charge in [0.2, 0.25) is 5.88 Å². The molecule has 0 saturated carbocycles. The van der Waals surface area contributed by atoms with Crippen molar-refractivity contribution in [2.45, 2.75) is 20.4 Å². The van der Waals surface area contributed by atoms with Crippen LogP contribution in [-0.4, -0.2) is 11.5 Å². The smallest absolute Gasteiger partial charge is 0.219 e. The van der Waals surface area contributed by atoms with Crippen molar-refractivity contribution in [2.75, 3.05) is 6.54 Å².